The van der Waals surface area contributed by atoms with Crippen LogP contribution in [0.4, 0.5) is 5.69 Å². The van der Waals surface area contributed by atoms with Crippen molar-refractivity contribution in [1.82, 2.24) is 0 Å². The van der Waals surface area contributed by atoms with Gasteiger partial charge in [-0.15, -0.1) is 0 Å². The lowest BCUT2D eigenvalue weighted by Gasteiger charge is -2.34. The summed E-state index contributed by atoms with van der Waals surface area (Å²) in [6.45, 7) is 3.56. The van der Waals surface area contributed by atoms with Gasteiger partial charge in [0.2, 0.25) is 0 Å². The Bertz CT molecular complexity index is 795. The second kappa shape index (κ2) is 8.85. The number of anilines is 1. The van der Waals surface area contributed by atoms with Crippen molar-refractivity contribution in [3.8, 4) is 0 Å². The van der Waals surface area contributed by atoms with Gasteiger partial charge in [-0.3, -0.25) is 4.79 Å². The molecule has 0 unspecified atom stereocenters. The number of amides is 1. The number of nitrogens with zero attached hydrogens (tertiary/aromatic N) is 1. The Morgan fingerprint density at radius 3 is 2.41 bits per heavy atom. The van der Waals surface area contributed by atoms with E-state index in [1.165, 1.54) is 6.42 Å². The van der Waals surface area contributed by atoms with Crippen molar-refractivity contribution < 1.29 is 14.3 Å². The molecule has 0 heterocycles. The molecule has 1 aliphatic rings. The van der Waals surface area contributed by atoms with Gasteiger partial charge in [0.15, 0.2) is 6.61 Å². The highest BCUT2D eigenvalue weighted by molar-refractivity contribution is 5.98. The van der Waals surface area contributed by atoms with E-state index in [2.05, 4.69) is 0 Å². The van der Waals surface area contributed by atoms with Crippen LogP contribution in [0.3, 0.4) is 0 Å². The lowest BCUT2D eigenvalue weighted by molar-refractivity contribution is -0.122. The molecule has 4 nitrogen and oxygen atoms in total. The summed E-state index contributed by atoms with van der Waals surface area (Å²) >= 11 is 0. The van der Waals surface area contributed by atoms with Crippen LogP contribution in [-0.2, 0) is 9.53 Å². The van der Waals surface area contributed by atoms with Crippen LogP contribution in [0, 0.1) is 13.8 Å². The van der Waals surface area contributed by atoms with Gasteiger partial charge in [-0.1, -0.05) is 55.2 Å². The zero-order valence-electron chi connectivity index (χ0n) is 16.1. The summed E-state index contributed by atoms with van der Waals surface area (Å²) in [6, 6.07) is 15.5. The summed E-state index contributed by atoms with van der Waals surface area (Å²) in [5.41, 5.74) is 3.24. The van der Waals surface area contributed by atoms with Crippen LogP contribution in [0.5, 0.6) is 0 Å². The minimum Gasteiger partial charge on any atom is -0.452 e. The van der Waals surface area contributed by atoms with Crippen LogP contribution < -0.4 is 4.90 Å². The van der Waals surface area contributed by atoms with Crippen molar-refractivity contribution in [3.63, 3.8) is 0 Å². The molecule has 27 heavy (non-hydrogen) atoms. The third-order valence-electron chi connectivity index (χ3n) is 5.18. The van der Waals surface area contributed by atoms with Crippen molar-refractivity contribution in [1.29, 1.82) is 0 Å². The number of hydrogen-bond donors (Lipinski definition) is 0. The van der Waals surface area contributed by atoms with Gasteiger partial charge >= 0.3 is 5.97 Å². The number of carbonyl (C=O) groups excluding carboxylic acids is 2. The molecule has 1 aliphatic carbocycles. The smallest absolute Gasteiger partial charge is 0.338 e. The van der Waals surface area contributed by atoms with Crippen molar-refractivity contribution >= 4 is 17.6 Å². The Kier molecular flexibility index (Phi) is 6.28. The van der Waals surface area contributed by atoms with E-state index in [9.17, 15) is 9.59 Å². The molecule has 0 atom stereocenters. The van der Waals surface area contributed by atoms with Crippen molar-refractivity contribution in [2.75, 3.05) is 11.5 Å². The van der Waals surface area contributed by atoms with Gasteiger partial charge in [0.1, 0.15) is 0 Å². The van der Waals surface area contributed by atoms with E-state index in [0.29, 0.717) is 5.56 Å². The Morgan fingerprint density at radius 1 is 1.00 bits per heavy atom. The monoisotopic (exact) mass is 365 g/mol. The molecule has 0 spiro atoms. The number of esters is 1. The second-order valence-corrected chi connectivity index (χ2v) is 7.29. The fourth-order valence-electron chi connectivity index (χ4n) is 3.72. The van der Waals surface area contributed by atoms with E-state index in [1.807, 2.05) is 61.2 Å². The molecule has 1 amide bonds. The average Bonchev–Trinajstić information content (AvgIpc) is 2.70. The number of hydrogen-bond acceptors (Lipinski definition) is 3. The molecule has 0 aliphatic heterocycles. The predicted molar refractivity (Wildman–Crippen MR) is 107 cm³/mol. The van der Waals surface area contributed by atoms with Gasteiger partial charge < -0.3 is 9.64 Å². The van der Waals surface area contributed by atoms with E-state index < -0.39 is 5.97 Å². The second-order valence-electron chi connectivity index (χ2n) is 7.29. The quantitative estimate of drug-likeness (QED) is 0.713. The Balaban J connectivity index is 1.72. The molecule has 0 aromatic heterocycles. The molecule has 0 radical (unpaired) electrons. The van der Waals surface area contributed by atoms with Crippen LogP contribution in [0.2, 0.25) is 0 Å². The summed E-state index contributed by atoms with van der Waals surface area (Å²) in [5.74, 6) is -0.604. The Morgan fingerprint density at radius 2 is 1.70 bits per heavy atom. The van der Waals surface area contributed by atoms with Gasteiger partial charge in [0, 0.05) is 11.7 Å². The molecule has 2 aromatic rings. The number of rotatable bonds is 5. The van der Waals surface area contributed by atoms with Crippen molar-refractivity contribution in [2.45, 2.75) is 52.0 Å². The number of carbonyl (C=O) groups is 2. The van der Waals surface area contributed by atoms with Crippen LogP contribution in [0.1, 0.15) is 53.6 Å². The number of para-hydroxylation sites is 1. The first kappa shape index (κ1) is 19.2. The summed E-state index contributed by atoms with van der Waals surface area (Å²) in [7, 11) is 0. The zero-order chi connectivity index (χ0) is 19.2. The maximum absolute atomic E-state index is 13.0. The van der Waals surface area contributed by atoms with E-state index in [0.717, 1.165) is 42.5 Å². The van der Waals surface area contributed by atoms with Crippen LogP contribution in [0.15, 0.2) is 48.5 Å². The molecule has 2 aromatic carbocycles. The van der Waals surface area contributed by atoms with Crippen molar-refractivity contribution in [2.24, 2.45) is 0 Å². The van der Waals surface area contributed by atoms with Crippen LogP contribution >= 0.6 is 0 Å². The molecule has 0 N–H and O–H groups in total. The standard InChI is InChI=1S/C23H27NO3/c1-17-13-14-18(2)21(15-17)23(26)27-16-22(25)24(19-9-5-3-6-10-19)20-11-7-4-8-12-20/h3,5-6,9-10,13-15,20H,4,7-8,11-12,16H2,1-2H3. The predicted octanol–water partition coefficient (Wildman–Crippen LogP) is 4.83. The summed E-state index contributed by atoms with van der Waals surface area (Å²) in [6.07, 6.45) is 5.46. The van der Waals surface area contributed by atoms with Crippen LogP contribution in [0.25, 0.3) is 0 Å². The maximum Gasteiger partial charge on any atom is 0.338 e. The lowest BCUT2D eigenvalue weighted by atomic mass is 9.93. The summed E-state index contributed by atoms with van der Waals surface area (Å²) in [4.78, 5) is 27.3. The highest BCUT2D eigenvalue weighted by atomic mass is 16.5. The Hall–Kier alpha value is -2.62. The lowest BCUT2D eigenvalue weighted by Crippen LogP contribution is -2.43. The first-order chi connectivity index (χ1) is 13.1. The largest absolute Gasteiger partial charge is 0.452 e. The first-order valence-electron chi connectivity index (χ1n) is 9.68. The molecule has 4 heteroatoms. The van der Waals surface area contributed by atoms with Crippen molar-refractivity contribution in [3.05, 3.63) is 65.2 Å². The summed E-state index contributed by atoms with van der Waals surface area (Å²) < 4.78 is 5.39. The van der Waals surface area contributed by atoms with Gasteiger partial charge in [-0.25, -0.2) is 4.79 Å². The Labute approximate surface area is 161 Å². The normalized spacial score (nSPS) is 14.6. The topological polar surface area (TPSA) is 46.6 Å². The van der Waals surface area contributed by atoms with Crippen LogP contribution in [-0.4, -0.2) is 24.5 Å². The SMILES string of the molecule is Cc1ccc(C)c(C(=O)OCC(=O)N(c2ccccc2)C2CCCCC2)c1. The van der Waals surface area contributed by atoms with E-state index in [4.69, 9.17) is 4.74 Å². The fraction of sp³-hybridized carbons (Fsp3) is 0.391. The average molecular weight is 365 g/mol. The molecule has 0 bridgehead atoms. The third-order valence-corrected chi connectivity index (χ3v) is 5.18. The fourth-order valence-corrected chi connectivity index (χ4v) is 3.72. The third kappa shape index (κ3) is 4.76. The van der Waals surface area contributed by atoms with Gasteiger partial charge in [0.05, 0.1) is 5.56 Å². The number of aryl methyl sites for hydroxylation is 2. The van der Waals surface area contributed by atoms with Gasteiger partial charge in [-0.05, 0) is 50.5 Å². The molecular formula is C23H27NO3. The van der Waals surface area contributed by atoms with Gasteiger partial charge in [-0.2, -0.15) is 0 Å². The molecule has 0 saturated heterocycles. The minimum atomic E-state index is -0.443. The first-order valence-corrected chi connectivity index (χ1v) is 9.68. The van der Waals surface area contributed by atoms with Gasteiger partial charge in [0.25, 0.3) is 5.91 Å². The van der Waals surface area contributed by atoms with E-state index >= 15 is 0 Å². The molecule has 3 rings (SSSR count). The number of benzene rings is 2. The minimum absolute atomic E-state index is 0.160. The zero-order valence-corrected chi connectivity index (χ0v) is 16.1. The summed E-state index contributed by atoms with van der Waals surface area (Å²) in [5, 5.41) is 0. The number of ether oxygens (including phenoxy) is 1. The van der Waals surface area contributed by atoms with E-state index in [-0.39, 0.29) is 18.6 Å². The van der Waals surface area contributed by atoms with E-state index in [1.54, 1.807) is 6.07 Å². The maximum atomic E-state index is 13.0. The molecule has 142 valence electrons. The molecule has 1 fully saturated rings. The highest BCUT2D eigenvalue weighted by Crippen LogP contribution is 2.27. The molecule has 1 saturated carbocycles. The highest BCUT2D eigenvalue weighted by Gasteiger charge is 2.27. The molecular weight excluding hydrogens is 338 g/mol.